The molecule has 1 unspecified atom stereocenters. The summed E-state index contributed by atoms with van der Waals surface area (Å²) in [5, 5.41) is 3.09. The monoisotopic (exact) mass is 426 g/mol. The standard InChI is InChI=1S/C20H21F3N2O3S/c1-29(27,28)17-9-7-16(8-10-17)24-18-6-3-11-25(19(18)26)13-14-4-2-5-15(12-14)20(21,22)23/h2,4-5,7-10,12,18,24H,3,6,11,13H2,1H3. The summed E-state index contributed by atoms with van der Waals surface area (Å²) in [7, 11) is -3.30. The van der Waals surface area contributed by atoms with Gasteiger partial charge in [-0.15, -0.1) is 0 Å². The van der Waals surface area contributed by atoms with Crippen molar-refractivity contribution in [3.05, 3.63) is 59.7 Å². The van der Waals surface area contributed by atoms with Gasteiger partial charge in [0, 0.05) is 25.0 Å². The highest BCUT2D eigenvalue weighted by molar-refractivity contribution is 7.90. The highest BCUT2D eigenvalue weighted by Gasteiger charge is 2.32. The van der Waals surface area contributed by atoms with E-state index < -0.39 is 27.6 Å². The maximum absolute atomic E-state index is 12.9. The second-order valence-corrected chi connectivity index (χ2v) is 9.11. The Balaban J connectivity index is 1.69. The number of carbonyl (C=O) groups excluding carboxylic acids is 1. The van der Waals surface area contributed by atoms with Crippen molar-refractivity contribution in [3.8, 4) is 0 Å². The Bertz CT molecular complexity index is 989. The van der Waals surface area contributed by atoms with Gasteiger partial charge in [0.1, 0.15) is 6.04 Å². The summed E-state index contributed by atoms with van der Waals surface area (Å²) in [6.45, 7) is 0.578. The molecule has 0 radical (unpaired) electrons. The summed E-state index contributed by atoms with van der Waals surface area (Å²) in [5.41, 5.74) is 0.295. The number of halogens is 3. The highest BCUT2D eigenvalue weighted by atomic mass is 32.2. The molecule has 1 amide bonds. The van der Waals surface area contributed by atoms with Gasteiger partial charge in [-0.05, 0) is 54.8 Å². The Morgan fingerprint density at radius 1 is 1.14 bits per heavy atom. The fraction of sp³-hybridized carbons (Fsp3) is 0.350. The molecule has 29 heavy (non-hydrogen) atoms. The lowest BCUT2D eigenvalue weighted by Gasteiger charge is -2.33. The van der Waals surface area contributed by atoms with Crippen LogP contribution in [0.2, 0.25) is 0 Å². The Morgan fingerprint density at radius 2 is 1.83 bits per heavy atom. The van der Waals surface area contributed by atoms with Crippen LogP contribution in [0.5, 0.6) is 0 Å². The lowest BCUT2D eigenvalue weighted by molar-refractivity contribution is -0.137. The summed E-state index contributed by atoms with van der Waals surface area (Å²) >= 11 is 0. The molecule has 2 aromatic rings. The first-order chi connectivity index (χ1) is 13.5. The number of likely N-dealkylation sites (tertiary alicyclic amines) is 1. The van der Waals surface area contributed by atoms with Crippen molar-refractivity contribution >= 4 is 21.4 Å². The molecule has 1 N–H and O–H groups in total. The van der Waals surface area contributed by atoms with Crippen molar-refractivity contribution in [1.29, 1.82) is 0 Å². The molecule has 0 aromatic heterocycles. The van der Waals surface area contributed by atoms with E-state index in [4.69, 9.17) is 0 Å². The van der Waals surface area contributed by atoms with E-state index in [1.165, 1.54) is 18.2 Å². The molecular weight excluding hydrogens is 405 g/mol. The van der Waals surface area contributed by atoms with Crippen molar-refractivity contribution in [2.45, 2.75) is 36.5 Å². The number of sulfone groups is 1. The maximum atomic E-state index is 12.9. The summed E-state index contributed by atoms with van der Waals surface area (Å²) in [6.07, 6.45) is -2.01. The third kappa shape index (κ3) is 5.29. The topological polar surface area (TPSA) is 66.5 Å². The summed E-state index contributed by atoms with van der Waals surface area (Å²) in [6, 6.07) is 10.6. The lowest BCUT2D eigenvalue weighted by atomic mass is 10.0. The van der Waals surface area contributed by atoms with E-state index in [9.17, 15) is 26.4 Å². The molecule has 5 nitrogen and oxygen atoms in total. The smallest absolute Gasteiger partial charge is 0.374 e. The Morgan fingerprint density at radius 3 is 2.45 bits per heavy atom. The van der Waals surface area contributed by atoms with Gasteiger partial charge in [0.2, 0.25) is 5.91 Å². The van der Waals surface area contributed by atoms with E-state index in [1.807, 2.05) is 0 Å². The lowest BCUT2D eigenvalue weighted by Crippen LogP contribution is -2.47. The average molecular weight is 426 g/mol. The second-order valence-electron chi connectivity index (χ2n) is 7.09. The van der Waals surface area contributed by atoms with Crippen LogP contribution in [0.3, 0.4) is 0 Å². The van der Waals surface area contributed by atoms with Crippen LogP contribution < -0.4 is 5.32 Å². The van der Waals surface area contributed by atoms with E-state index in [0.717, 1.165) is 18.4 Å². The number of piperidine rings is 1. The predicted molar refractivity (Wildman–Crippen MR) is 103 cm³/mol. The Hall–Kier alpha value is -2.55. The number of benzene rings is 2. The van der Waals surface area contributed by atoms with Gasteiger partial charge in [-0.2, -0.15) is 13.2 Å². The second kappa shape index (κ2) is 8.06. The summed E-state index contributed by atoms with van der Waals surface area (Å²) in [4.78, 5) is 14.5. The fourth-order valence-electron chi connectivity index (χ4n) is 3.30. The normalized spacial score (nSPS) is 18.0. The zero-order chi connectivity index (χ0) is 21.2. The SMILES string of the molecule is CS(=O)(=O)c1ccc(NC2CCCN(Cc3cccc(C(F)(F)F)c3)C2=O)cc1. The minimum Gasteiger partial charge on any atom is -0.374 e. The number of hydrogen-bond donors (Lipinski definition) is 1. The van der Waals surface area contributed by atoms with Gasteiger partial charge in [0.15, 0.2) is 9.84 Å². The molecule has 1 fully saturated rings. The first kappa shape index (κ1) is 21.2. The van der Waals surface area contributed by atoms with Crippen LogP contribution in [0.15, 0.2) is 53.4 Å². The molecule has 0 bridgehead atoms. The van der Waals surface area contributed by atoms with Crippen LogP contribution >= 0.6 is 0 Å². The zero-order valence-corrected chi connectivity index (χ0v) is 16.6. The van der Waals surface area contributed by atoms with Gasteiger partial charge in [-0.25, -0.2) is 8.42 Å². The van der Waals surface area contributed by atoms with Crippen LogP contribution in [0, 0.1) is 0 Å². The Labute approximate surface area is 167 Å². The van der Waals surface area contributed by atoms with Crippen LogP contribution in [-0.4, -0.2) is 38.1 Å². The molecular formula is C20H21F3N2O3S. The predicted octanol–water partition coefficient (Wildman–Crippen LogP) is 3.71. The third-order valence-corrected chi connectivity index (χ3v) is 5.91. The summed E-state index contributed by atoms with van der Waals surface area (Å²) < 4.78 is 61.8. The number of nitrogens with zero attached hydrogens (tertiary/aromatic N) is 1. The third-order valence-electron chi connectivity index (χ3n) is 4.78. The van der Waals surface area contributed by atoms with Gasteiger partial charge in [0.05, 0.1) is 10.5 Å². The molecule has 1 saturated heterocycles. The van der Waals surface area contributed by atoms with Crippen LogP contribution in [0.4, 0.5) is 18.9 Å². The number of hydrogen-bond acceptors (Lipinski definition) is 4. The number of alkyl halides is 3. The van der Waals surface area contributed by atoms with Crippen molar-refractivity contribution in [2.24, 2.45) is 0 Å². The molecule has 9 heteroatoms. The number of carbonyl (C=O) groups is 1. The number of anilines is 1. The van der Waals surface area contributed by atoms with Crippen LogP contribution in [0.1, 0.15) is 24.0 Å². The molecule has 1 aliphatic rings. The molecule has 0 saturated carbocycles. The van der Waals surface area contributed by atoms with Gasteiger partial charge in [-0.1, -0.05) is 12.1 Å². The molecule has 0 aliphatic carbocycles. The number of nitrogens with one attached hydrogen (secondary N) is 1. The molecule has 3 rings (SSSR count). The van der Waals surface area contributed by atoms with E-state index in [1.54, 1.807) is 23.1 Å². The van der Waals surface area contributed by atoms with Crippen molar-refractivity contribution in [2.75, 3.05) is 18.1 Å². The quantitative estimate of drug-likeness (QED) is 0.792. The number of rotatable bonds is 5. The Kier molecular flexibility index (Phi) is 5.88. The molecule has 0 spiro atoms. The summed E-state index contributed by atoms with van der Waals surface area (Å²) in [5.74, 6) is -0.194. The molecule has 1 heterocycles. The van der Waals surface area contributed by atoms with Gasteiger partial charge in [-0.3, -0.25) is 4.79 Å². The van der Waals surface area contributed by atoms with Gasteiger partial charge < -0.3 is 10.2 Å². The minimum atomic E-state index is -4.43. The minimum absolute atomic E-state index is 0.105. The number of amides is 1. The highest BCUT2D eigenvalue weighted by Crippen LogP contribution is 2.30. The molecule has 2 aromatic carbocycles. The van der Waals surface area contributed by atoms with Crippen molar-refractivity contribution in [3.63, 3.8) is 0 Å². The molecule has 156 valence electrons. The van der Waals surface area contributed by atoms with E-state index in [0.29, 0.717) is 30.6 Å². The maximum Gasteiger partial charge on any atom is 0.416 e. The average Bonchev–Trinajstić information content (AvgIpc) is 2.64. The fourth-order valence-corrected chi connectivity index (χ4v) is 3.93. The van der Waals surface area contributed by atoms with E-state index in [2.05, 4.69) is 5.32 Å². The zero-order valence-electron chi connectivity index (χ0n) is 15.7. The largest absolute Gasteiger partial charge is 0.416 e. The van der Waals surface area contributed by atoms with Gasteiger partial charge >= 0.3 is 6.18 Å². The van der Waals surface area contributed by atoms with Crippen molar-refractivity contribution < 1.29 is 26.4 Å². The first-order valence-corrected chi connectivity index (χ1v) is 10.9. The van der Waals surface area contributed by atoms with Gasteiger partial charge in [0.25, 0.3) is 0 Å². The van der Waals surface area contributed by atoms with Crippen LogP contribution in [0.25, 0.3) is 0 Å². The van der Waals surface area contributed by atoms with Crippen LogP contribution in [-0.2, 0) is 27.4 Å². The van der Waals surface area contributed by atoms with E-state index in [-0.39, 0.29) is 17.3 Å². The first-order valence-electron chi connectivity index (χ1n) is 9.05. The van der Waals surface area contributed by atoms with E-state index >= 15 is 0 Å². The van der Waals surface area contributed by atoms with Crippen molar-refractivity contribution in [1.82, 2.24) is 4.90 Å². The molecule has 1 atom stereocenters. The molecule has 1 aliphatic heterocycles.